The lowest BCUT2D eigenvalue weighted by molar-refractivity contribution is -0.138. The summed E-state index contributed by atoms with van der Waals surface area (Å²) in [5.41, 5.74) is 10.1. The molecule has 2 aliphatic heterocycles. The normalized spacial score (nSPS) is 23.2. The van der Waals surface area contributed by atoms with E-state index in [1.807, 2.05) is 82.9 Å². The topological polar surface area (TPSA) is 175 Å². The van der Waals surface area contributed by atoms with Crippen molar-refractivity contribution in [3.05, 3.63) is 143 Å². The van der Waals surface area contributed by atoms with Gasteiger partial charge in [-0.3, -0.25) is 9.59 Å². The molecule has 2 saturated heterocycles. The van der Waals surface area contributed by atoms with Crippen LogP contribution in [0.3, 0.4) is 0 Å². The first kappa shape index (κ1) is 44.3. The third kappa shape index (κ3) is 8.33. The Morgan fingerprint density at radius 2 is 1.00 bits per heavy atom. The van der Waals surface area contributed by atoms with Crippen molar-refractivity contribution >= 4 is 24.0 Å². The number of benzene rings is 4. The van der Waals surface area contributed by atoms with Crippen molar-refractivity contribution in [3.63, 3.8) is 0 Å². The number of hydrogen-bond acceptors (Lipinski definition) is 8. The summed E-state index contributed by atoms with van der Waals surface area (Å²) in [6.45, 7) is 0. The Hall–Kier alpha value is -7.22. The zero-order valence-electron chi connectivity index (χ0n) is 39.0. The molecule has 0 unspecified atom stereocenters. The Morgan fingerprint density at radius 3 is 1.42 bits per heavy atom. The van der Waals surface area contributed by atoms with Gasteiger partial charge in [0.2, 0.25) is 0 Å². The third-order valence-electron chi connectivity index (χ3n) is 15.7. The third-order valence-corrected chi connectivity index (χ3v) is 15.7. The lowest BCUT2D eigenvalue weighted by Crippen LogP contribution is -2.47. The monoisotopic (exact) mass is 926 g/mol. The molecule has 5 aliphatic rings. The molecule has 11 rings (SSSR count). The van der Waals surface area contributed by atoms with Crippen molar-refractivity contribution in [2.45, 2.75) is 107 Å². The van der Waals surface area contributed by atoms with E-state index in [9.17, 15) is 19.2 Å². The maximum atomic E-state index is 14.7. The minimum atomic E-state index is -0.889. The first-order valence-electron chi connectivity index (χ1n) is 24.6. The van der Waals surface area contributed by atoms with Crippen LogP contribution >= 0.6 is 0 Å². The summed E-state index contributed by atoms with van der Waals surface area (Å²) in [5, 5.41) is 5.66. The fraction of sp³-hybridized carbons (Fsp3) is 0.382. The number of H-pyrrole nitrogens is 2. The van der Waals surface area contributed by atoms with Crippen LogP contribution in [0.5, 0.6) is 0 Å². The lowest BCUT2D eigenvalue weighted by Gasteiger charge is -2.36. The number of likely N-dealkylation sites (tertiary alicyclic amines) is 2. The Kier molecular flexibility index (Phi) is 12.0. The number of fused-ring (bicyclic) bond motifs is 5. The maximum absolute atomic E-state index is 14.7. The van der Waals surface area contributed by atoms with Gasteiger partial charge in [-0.2, -0.15) is 0 Å². The van der Waals surface area contributed by atoms with Crippen LogP contribution in [0, 0.1) is 11.8 Å². The van der Waals surface area contributed by atoms with E-state index in [4.69, 9.17) is 19.4 Å². The molecule has 3 aliphatic carbocycles. The van der Waals surface area contributed by atoms with Crippen LogP contribution in [0.15, 0.2) is 109 Å². The number of alkyl carbamates (subject to hydrolysis) is 2. The van der Waals surface area contributed by atoms with E-state index in [0.29, 0.717) is 23.0 Å². The van der Waals surface area contributed by atoms with Gasteiger partial charge in [0.15, 0.2) is 0 Å². The summed E-state index contributed by atoms with van der Waals surface area (Å²) in [7, 11) is 2.62. The molecule has 4 aromatic carbocycles. The molecule has 4 N–H and O–H groups in total. The Balaban J connectivity index is 0.828. The number of carbonyl (C=O) groups excluding carboxylic acids is 4. The lowest BCUT2D eigenvalue weighted by atomic mass is 9.84. The summed E-state index contributed by atoms with van der Waals surface area (Å²) < 4.78 is 9.94. The standard InChI is InChI=1S/C55H58N8O6/c1-68-54(66)60-48(32-13-5-3-6-14-32)52(64)62-44-19-11-9-17-36(44)28-46(62)50-56-30-42(58-50)34-21-23-40-38(25-34)27-39-26-35(22-24-41(39)40)43-31-57-51(59-43)47-29-37-18-10-12-20-45(37)63(47)53(65)49(61-55(67)69-2)33-15-7-4-8-16-33/h3-8,13-16,21-26,30-31,36-37,44-49H,9-12,17-20,27-29H2,1-2H3,(H,56,58)(H,57,59)(H,60,66)(H,61,67)/t36-,37-,44-,45-,46+,47+,48-,49-/m1/s1. The van der Waals surface area contributed by atoms with Crippen molar-refractivity contribution in [2.24, 2.45) is 11.8 Å². The number of carbonyl (C=O) groups is 4. The van der Waals surface area contributed by atoms with Gasteiger partial charge in [-0.1, -0.05) is 111 Å². The van der Waals surface area contributed by atoms with Crippen molar-refractivity contribution in [2.75, 3.05) is 14.2 Å². The predicted molar refractivity (Wildman–Crippen MR) is 259 cm³/mol. The van der Waals surface area contributed by atoms with Crippen LogP contribution < -0.4 is 10.6 Å². The molecule has 4 heterocycles. The molecule has 14 nitrogen and oxygen atoms in total. The molecule has 0 radical (unpaired) electrons. The van der Waals surface area contributed by atoms with Gasteiger partial charge in [0, 0.05) is 12.1 Å². The number of nitrogens with one attached hydrogen (secondary N) is 4. The molecule has 69 heavy (non-hydrogen) atoms. The van der Waals surface area contributed by atoms with Gasteiger partial charge >= 0.3 is 12.2 Å². The second kappa shape index (κ2) is 18.7. The van der Waals surface area contributed by atoms with Crippen molar-refractivity contribution < 1.29 is 28.7 Å². The Bertz CT molecular complexity index is 2690. The van der Waals surface area contributed by atoms with Gasteiger partial charge < -0.3 is 39.9 Å². The van der Waals surface area contributed by atoms with Crippen LogP contribution in [-0.2, 0) is 25.5 Å². The Morgan fingerprint density at radius 1 is 0.580 bits per heavy atom. The van der Waals surface area contributed by atoms with Gasteiger partial charge in [-0.05, 0) is 113 Å². The first-order chi connectivity index (χ1) is 33.8. The van der Waals surface area contributed by atoms with E-state index >= 15 is 0 Å². The van der Waals surface area contributed by atoms with Gasteiger partial charge in [-0.15, -0.1) is 0 Å². The van der Waals surface area contributed by atoms with Crippen LogP contribution in [0.2, 0.25) is 0 Å². The molecule has 354 valence electrons. The average Bonchev–Trinajstić information content (AvgIpc) is 4.25. The van der Waals surface area contributed by atoms with Crippen molar-refractivity contribution in [1.29, 1.82) is 0 Å². The number of nitrogens with zero attached hydrogens (tertiary/aromatic N) is 4. The number of rotatable bonds is 10. The number of ether oxygens (including phenoxy) is 2. The summed E-state index contributed by atoms with van der Waals surface area (Å²) >= 11 is 0. The highest BCUT2D eigenvalue weighted by atomic mass is 16.5. The largest absolute Gasteiger partial charge is 0.453 e. The fourth-order valence-corrected chi connectivity index (χ4v) is 12.4. The van der Waals surface area contributed by atoms with Crippen molar-refractivity contribution in [1.82, 2.24) is 40.4 Å². The summed E-state index contributed by atoms with van der Waals surface area (Å²) in [5.74, 6) is 1.91. The van der Waals surface area contributed by atoms with E-state index < -0.39 is 24.3 Å². The molecule has 0 bridgehead atoms. The molecule has 14 heteroatoms. The number of aromatic nitrogens is 4. The molecule has 2 aromatic heterocycles. The number of imidazole rings is 2. The minimum Gasteiger partial charge on any atom is -0.453 e. The Labute approximate surface area is 401 Å². The zero-order valence-corrected chi connectivity index (χ0v) is 39.0. The highest BCUT2D eigenvalue weighted by Gasteiger charge is 2.50. The van der Waals surface area contributed by atoms with E-state index in [1.54, 1.807) is 0 Å². The van der Waals surface area contributed by atoms with Crippen LogP contribution in [0.1, 0.15) is 122 Å². The van der Waals surface area contributed by atoms with Crippen LogP contribution in [-0.4, -0.2) is 80.0 Å². The maximum Gasteiger partial charge on any atom is 0.407 e. The number of aromatic amines is 2. The van der Waals surface area contributed by atoms with Gasteiger partial charge in [0.25, 0.3) is 11.8 Å². The van der Waals surface area contributed by atoms with Crippen LogP contribution in [0.25, 0.3) is 33.6 Å². The number of methoxy groups -OCH3 is 2. The number of hydrogen-bond donors (Lipinski definition) is 4. The molecule has 8 atom stereocenters. The van der Waals surface area contributed by atoms with Crippen molar-refractivity contribution in [3.8, 4) is 33.6 Å². The highest BCUT2D eigenvalue weighted by Crippen LogP contribution is 2.49. The second-order valence-corrected chi connectivity index (χ2v) is 19.5. The molecule has 0 spiro atoms. The molecule has 4 fully saturated rings. The molecule has 2 saturated carbocycles. The van der Waals surface area contributed by atoms with E-state index in [0.717, 1.165) is 105 Å². The first-order valence-corrected chi connectivity index (χ1v) is 24.6. The fourth-order valence-electron chi connectivity index (χ4n) is 12.4. The molecular weight excluding hydrogens is 869 g/mol. The van der Waals surface area contributed by atoms with Gasteiger partial charge in [-0.25, -0.2) is 19.6 Å². The van der Waals surface area contributed by atoms with Gasteiger partial charge in [0.05, 0.1) is 50.1 Å². The molecular formula is C55H58N8O6. The van der Waals surface area contributed by atoms with Gasteiger partial charge in [0.1, 0.15) is 23.7 Å². The summed E-state index contributed by atoms with van der Waals surface area (Å²) in [4.78, 5) is 75.7. The molecule has 6 aromatic rings. The second-order valence-electron chi connectivity index (χ2n) is 19.5. The quantitative estimate of drug-likeness (QED) is 0.105. The SMILES string of the molecule is COC(=O)N[C@@H](C(=O)N1[C@@H]2CCCC[C@@H]2C[C@H]1c1ncc(-c2ccc3c(c2)Cc2cc(-c4cnc([C@@H]5C[C@H]6CCCC[C@H]6N5C(=O)[C@H](NC(=O)OC)c5ccccc5)[nH]4)ccc2-3)[nH]1)c1ccccc1. The zero-order chi connectivity index (χ0) is 47.2. The highest BCUT2D eigenvalue weighted by molar-refractivity contribution is 5.89. The summed E-state index contributed by atoms with van der Waals surface area (Å²) in [6, 6.07) is 29.7. The van der Waals surface area contributed by atoms with E-state index in [1.165, 1.54) is 36.5 Å². The summed E-state index contributed by atoms with van der Waals surface area (Å²) in [6.07, 6.45) is 13.2. The smallest absolute Gasteiger partial charge is 0.407 e. The molecule has 4 amide bonds. The number of amides is 4. The minimum absolute atomic E-state index is 0.0626. The van der Waals surface area contributed by atoms with E-state index in [2.05, 4.69) is 57.0 Å². The van der Waals surface area contributed by atoms with Crippen LogP contribution in [0.4, 0.5) is 9.59 Å². The van der Waals surface area contributed by atoms with E-state index in [-0.39, 0.29) is 36.0 Å². The predicted octanol–water partition coefficient (Wildman–Crippen LogP) is 9.90. The average molecular weight is 927 g/mol.